The Morgan fingerprint density at radius 3 is 2.13 bits per heavy atom. The summed E-state index contributed by atoms with van der Waals surface area (Å²) in [6.45, 7) is 4.39. The molecule has 1 aliphatic heterocycles. The number of benzene rings is 1. The lowest BCUT2D eigenvalue weighted by atomic mass is 10.2. The smallest absolute Gasteiger partial charge is 0.207 e. The molecule has 5 heteroatoms. The van der Waals surface area contributed by atoms with Crippen LogP contribution in [0.2, 0.25) is 5.02 Å². The van der Waals surface area contributed by atoms with Crippen LogP contribution in [0.5, 0.6) is 0 Å². The summed E-state index contributed by atoms with van der Waals surface area (Å²) in [7, 11) is -3.32. The number of halogens is 1. The third-order valence-electron chi connectivity index (χ3n) is 2.50. The highest BCUT2D eigenvalue weighted by Gasteiger charge is 2.51. The van der Waals surface area contributed by atoms with Crippen LogP contribution in [-0.2, 0) is 10.0 Å². The maximum atomic E-state index is 12.0. The number of hydrogen-bond donors (Lipinski definition) is 0. The van der Waals surface area contributed by atoms with Crippen LogP contribution in [0.25, 0.3) is 0 Å². The first-order chi connectivity index (χ1) is 6.84. The Bertz CT molecular complexity index is 479. The fourth-order valence-electron chi connectivity index (χ4n) is 1.46. The average Bonchev–Trinajstić information content (AvgIpc) is 2.77. The first kappa shape index (κ1) is 10.9. The second kappa shape index (κ2) is 3.20. The van der Waals surface area contributed by atoms with Gasteiger partial charge in [-0.05, 0) is 38.1 Å². The standard InChI is InChI=1S/C10H12ClNO2S/c1-10(2)7-12(10)15(13,14)9-5-3-8(11)4-6-9/h3-6H,7H2,1-2H3. The van der Waals surface area contributed by atoms with Crippen molar-refractivity contribution < 1.29 is 8.42 Å². The van der Waals surface area contributed by atoms with Crippen molar-refractivity contribution in [2.24, 2.45) is 0 Å². The van der Waals surface area contributed by atoms with Gasteiger partial charge in [-0.1, -0.05) is 11.6 Å². The summed E-state index contributed by atoms with van der Waals surface area (Å²) in [5.41, 5.74) is -0.238. The van der Waals surface area contributed by atoms with Crippen LogP contribution in [0.15, 0.2) is 29.2 Å². The van der Waals surface area contributed by atoms with Gasteiger partial charge in [-0.15, -0.1) is 0 Å². The monoisotopic (exact) mass is 245 g/mol. The van der Waals surface area contributed by atoms with E-state index in [1.54, 1.807) is 12.1 Å². The van der Waals surface area contributed by atoms with Gasteiger partial charge in [0.05, 0.1) is 4.90 Å². The summed E-state index contributed by atoms with van der Waals surface area (Å²) in [5, 5.41) is 0.541. The molecule has 3 nitrogen and oxygen atoms in total. The molecule has 1 aromatic rings. The van der Waals surface area contributed by atoms with E-state index < -0.39 is 10.0 Å². The molecule has 1 aromatic carbocycles. The number of nitrogens with zero attached hydrogens (tertiary/aromatic N) is 1. The van der Waals surface area contributed by atoms with E-state index in [1.807, 2.05) is 13.8 Å². The van der Waals surface area contributed by atoms with Gasteiger partial charge >= 0.3 is 0 Å². The minimum Gasteiger partial charge on any atom is -0.207 e. The van der Waals surface area contributed by atoms with Crippen molar-refractivity contribution in [1.29, 1.82) is 0 Å². The van der Waals surface area contributed by atoms with Crippen molar-refractivity contribution in [1.82, 2.24) is 4.31 Å². The fourth-order valence-corrected chi connectivity index (χ4v) is 3.46. The molecule has 0 aliphatic carbocycles. The van der Waals surface area contributed by atoms with Crippen molar-refractivity contribution >= 4 is 21.6 Å². The van der Waals surface area contributed by atoms with Gasteiger partial charge in [-0.2, -0.15) is 4.31 Å². The van der Waals surface area contributed by atoms with Crippen LogP contribution in [0.4, 0.5) is 0 Å². The first-order valence-electron chi connectivity index (χ1n) is 4.62. The normalized spacial score (nSPS) is 23.8. The quantitative estimate of drug-likeness (QED) is 0.749. The molecular weight excluding hydrogens is 234 g/mol. The largest absolute Gasteiger partial charge is 0.243 e. The number of rotatable bonds is 2. The summed E-state index contributed by atoms with van der Waals surface area (Å²) in [6, 6.07) is 6.24. The minimum atomic E-state index is -3.32. The maximum absolute atomic E-state index is 12.0. The Kier molecular flexibility index (Phi) is 2.33. The Hall–Kier alpha value is -0.580. The first-order valence-corrected chi connectivity index (χ1v) is 6.44. The second-order valence-electron chi connectivity index (χ2n) is 4.28. The summed E-state index contributed by atoms with van der Waals surface area (Å²) < 4.78 is 25.5. The van der Waals surface area contributed by atoms with Crippen molar-refractivity contribution in [3.63, 3.8) is 0 Å². The topological polar surface area (TPSA) is 37.1 Å². The molecule has 1 aliphatic rings. The van der Waals surface area contributed by atoms with Gasteiger partial charge in [0.25, 0.3) is 0 Å². The SMILES string of the molecule is CC1(C)CN1S(=O)(=O)c1ccc(Cl)cc1. The van der Waals surface area contributed by atoms with Crippen LogP contribution in [0.1, 0.15) is 13.8 Å². The Morgan fingerprint density at radius 1 is 1.27 bits per heavy atom. The van der Waals surface area contributed by atoms with Crippen LogP contribution in [0, 0.1) is 0 Å². The number of hydrogen-bond acceptors (Lipinski definition) is 2. The minimum absolute atomic E-state index is 0.238. The molecule has 15 heavy (non-hydrogen) atoms. The molecule has 0 spiro atoms. The molecule has 82 valence electrons. The molecule has 1 saturated heterocycles. The Labute approximate surface area is 94.7 Å². The van der Waals surface area contributed by atoms with Gasteiger partial charge in [0.1, 0.15) is 0 Å². The Morgan fingerprint density at radius 2 is 1.73 bits per heavy atom. The summed E-state index contributed by atoms with van der Waals surface area (Å²) >= 11 is 5.70. The van der Waals surface area contributed by atoms with E-state index in [9.17, 15) is 8.42 Å². The van der Waals surface area contributed by atoms with E-state index in [0.29, 0.717) is 16.5 Å². The molecule has 1 atom stereocenters. The van der Waals surface area contributed by atoms with Gasteiger partial charge in [0.15, 0.2) is 0 Å². The zero-order valence-corrected chi connectivity index (χ0v) is 10.1. The van der Waals surface area contributed by atoms with E-state index in [2.05, 4.69) is 0 Å². The summed E-state index contributed by atoms with van der Waals surface area (Å²) in [4.78, 5) is 0.303. The summed E-state index contributed by atoms with van der Waals surface area (Å²) in [5.74, 6) is 0. The van der Waals surface area contributed by atoms with Crippen LogP contribution in [0.3, 0.4) is 0 Å². The molecule has 1 fully saturated rings. The average molecular weight is 246 g/mol. The highest BCUT2D eigenvalue weighted by atomic mass is 35.5. The molecule has 0 amide bonds. The van der Waals surface area contributed by atoms with Gasteiger partial charge < -0.3 is 0 Å². The molecule has 1 unspecified atom stereocenters. The van der Waals surface area contributed by atoms with E-state index >= 15 is 0 Å². The lowest BCUT2D eigenvalue weighted by Gasteiger charge is -2.08. The summed E-state index contributed by atoms with van der Waals surface area (Å²) in [6.07, 6.45) is 0. The van der Waals surface area contributed by atoms with Crippen molar-refractivity contribution in [2.45, 2.75) is 24.3 Å². The zero-order valence-electron chi connectivity index (χ0n) is 8.57. The van der Waals surface area contributed by atoms with Crippen molar-refractivity contribution in [3.05, 3.63) is 29.3 Å². The molecular formula is C10H12ClNO2S. The maximum Gasteiger partial charge on any atom is 0.243 e. The molecule has 0 bridgehead atoms. The van der Waals surface area contributed by atoms with E-state index in [1.165, 1.54) is 16.4 Å². The predicted octanol–water partition coefficient (Wildman–Crippen LogP) is 2.12. The van der Waals surface area contributed by atoms with Crippen LogP contribution < -0.4 is 0 Å². The lowest BCUT2D eigenvalue weighted by molar-refractivity contribution is 0.530. The van der Waals surface area contributed by atoms with E-state index in [0.717, 1.165) is 0 Å². The van der Waals surface area contributed by atoms with Gasteiger partial charge in [-0.3, -0.25) is 0 Å². The van der Waals surface area contributed by atoms with Crippen LogP contribution in [-0.4, -0.2) is 24.8 Å². The van der Waals surface area contributed by atoms with E-state index in [4.69, 9.17) is 11.6 Å². The van der Waals surface area contributed by atoms with Gasteiger partial charge in [0.2, 0.25) is 10.0 Å². The van der Waals surface area contributed by atoms with E-state index in [-0.39, 0.29) is 5.54 Å². The molecule has 2 rings (SSSR count). The zero-order chi connectivity index (χ0) is 11.3. The molecule has 1 heterocycles. The van der Waals surface area contributed by atoms with Crippen molar-refractivity contribution in [3.8, 4) is 0 Å². The Balaban J connectivity index is 2.36. The van der Waals surface area contributed by atoms with Gasteiger partial charge in [0, 0.05) is 17.1 Å². The highest BCUT2D eigenvalue weighted by molar-refractivity contribution is 7.89. The van der Waals surface area contributed by atoms with Crippen LogP contribution >= 0.6 is 11.6 Å². The third kappa shape index (κ3) is 1.89. The van der Waals surface area contributed by atoms with Gasteiger partial charge in [-0.25, -0.2) is 8.42 Å². The number of sulfonamides is 1. The third-order valence-corrected chi connectivity index (χ3v) is 4.83. The highest BCUT2D eigenvalue weighted by Crippen LogP contribution is 2.37. The molecule has 0 N–H and O–H groups in total. The molecule has 0 saturated carbocycles. The second-order valence-corrected chi connectivity index (χ2v) is 6.58. The predicted molar refractivity (Wildman–Crippen MR) is 59.4 cm³/mol. The van der Waals surface area contributed by atoms with Crippen molar-refractivity contribution in [2.75, 3.05) is 6.54 Å². The lowest BCUT2D eigenvalue weighted by Crippen LogP contribution is -2.18. The fraction of sp³-hybridized carbons (Fsp3) is 0.400. The molecule has 0 aromatic heterocycles. The molecule has 0 radical (unpaired) electrons.